The van der Waals surface area contributed by atoms with Crippen molar-refractivity contribution in [1.82, 2.24) is 5.32 Å². The number of ketones is 1. The summed E-state index contributed by atoms with van der Waals surface area (Å²) in [6.45, 7) is 7.53. The highest BCUT2D eigenvalue weighted by Crippen LogP contribution is 2.14. The van der Waals surface area contributed by atoms with Gasteiger partial charge in [-0.3, -0.25) is 4.79 Å². The van der Waals surface area contributed by atoms with Crippen molar-refractivity contribution in [1.29, 1.82) is 0 Å². The third kappa shape index (κ3) is 6.77. The number of rotatable bonds is 8. The van der Waals surface area contributed by atoms with E-state index in [-0.39, 0.29) is 5.78 Å². The van der Waals surface area contributed by atoms with Crippen LogP contribution in [0, 0.1) is 0 Å². The monoisotopic (exact) mass is 261 g/mol. The Morgan fingerprint density at radius 3 is 2.89 bits per heavy atom. The molecule has 3 nitrogen and oxygen atoms in total. The van der Waals surface area contributed by atoms with Crippen molar-refractivity contribution in [2.24, 2.45) is 0 Å². The maximum absolute atomic E-state index is 11.2. The summed E-state index contributed by atoms with van der Waals surface area (Å²) >= 11 is 0. The first-order valence-electron chi connectivity index (χ1n) is 6.79. The molecule has 0 saturated carbocycles. The van der Waals surface area contributed by atoms with Crippen molar-refractivity contribution in [3.05, 3.63) is 35.9 Å². The second-order valence-corrected chi connectivity index (χ2v) is 4.68. The molecule has 0 aliphatic heterocycles. The molecular formula is C16H23NO2. The lowest BCUT2D eigenvalue weighted by Crippen LogP contribution is -2.27. The summed E-state index contributed by atoms with van der Waals surface area (Å²) in [7, 11) is 0. The Kier molecular flexibility index (Phi) is 6.90. The van der Waals surface area contributed by atoms with Crippen LogP contribution in [-0.4, -0.2) is 25.0 Å². The first kappa shape index (κ1) is 15.4. The van der Waals surface area contributed by atoms with Crippen molar-refractivity contribution in [2.75, 3.05) is 13.2 Å². The number of carbonyl (C=O) groups is 1. The van der Waals surface area contributed by atoms with E-state index in [0.29, 0.717) is 19.1 Å². The number of hydrogen-bond donors (Lipinski definition) is 1. The topological polar surface area (TPSA) is 38.3 Å². The molecule has 19 heavy (non-hydrogen) atoms. The fourth-order valence-electron chi connectivity index (χ4n) is 1.53. The third-order valence-corrected chi connectivity index (χ3v) is 2.59. The van der Waals surface area contributed by atoms with Crippen LogP contribution in [0.5, 0.6) is 5.75 Å². The number of ether oxygens (including phenoxy) is 1. The van der Waals surface area contributed by atoms with Crippen molar-refractivity contribution in [3.8, 4) is 5.75 Å². The standard InChI is InChI=1S/C16H23NO2/c1-4-15(18)9-8-14-6-5-7-16(12-14)19-11-10-17-13(2)3/h5-9,12-13,17H,4,10-11H2,1-3H3/b9-8+. The van der Waals surface area contributed by atoms with Gasteiger partial charge in [0.05, 0.1) is 0 Å². The molecule has 0 atom stereocenters. The van der Waals surface area contributed by atoms with E-state index in [1.165, 1.54) is 0 Å². The van der Waals surface area contributed by atoms with Gasteiger partial charge in [0, 0.05) is 19.0 Å². The Bertz CT molecular complexity index is 425. The molecule has 104 valence electrons. The number of allylic oxidation sites excluding steroid dienone is 1. The first-order valence-corrected chi connectivity index (χ1v) is 6.79. The maximum atomic E-state index is 11.2. The highest BCUT2D eigenvalue weighted by atomic mass is 16.5. The zero-order valence-corrected chi connectivity index (χ0v) is 12.0. The van der Waals surface area contributed by atoms with Gasteiger partial charge in [-0.15, -0.1) is 0 Å². The lowest BCUT2D eigenvalue weighted by Gasteiger charge is -2.10. The van der Waals surface area contributed by atoms with Crippen molar-refractivity contribution in [2.45, 2.75) is 33.2 Å². The van der Waals surface area contributed by atoms with Crippen LogP contribution in [-0.2, 0) is 4.79 Å². The summed E-state index contributed by atoms with van der Waals surface area (Å²) in [4.78, 5) is 11.2. The summed E-state index contributed by atoms with van der Waals surface area (Å²) in [5.41, 5.74) is 0.983. The fraction of sp³-hybridized carbons (Fsp3) is 0.438. The molecule has 0 saturated heterocycles. The fourth-order valence-corrected chi connectivity index (χ4v) is 1.53. The van der Waals surface area contributed by atoms with Crippen molar-refractivity contribution >= 4 is 11.9 Å². The van der Waals surface area contributed by atoms with Gasteiger partial charge in [-0.1, -0.05) is 39.0 Å². The van der Waals surface area contributed by atoms with E-state index < -0.39 is 0 Å². The number of benzene rings is 1. The van der Waals surface area contributed by atoms with Crippen LogP contribution in [0.3, 0.4) is 0 Å². The van der Waals surface area contributed by atoms with E-state index in [9.17, 15) is 4.79 Å². The highest BCUT2D eigenvalue weighted by Gasteiger charge is 1.97. The van der Waals surface area contributed by atoms with Gasteiger partial charge in [-0.25, -0.2) is 0 Å². The van der Waals surface area contributed by atoms with Gasteiger partial charge in [0.1, 0.15) is 12.4 Å². The Morgan fingerprint density at radius 2 is 2.21 bits per heavy atom. The lowest BCUT2D eigenvalue weighted by molar-refractivity contribution is -0.114. The molecule has 0 fully saturated rings. The summed E-state index contributed by atoms with van der Waals surface area (Å²) in [5.74, 6) is 0.962. The Hall–Kier alpha value is -1.61. The normalized spacial score (nSPS) is 11.2. The molecule has 0 spiro atoms. The van der Waals surface area contributed by atoms with Crippen LogP contribution in [0.4, 0.5) is 0 Å². The highest BCUT2D eigenvalue weighted by molar-refractivity contribution is 5.93. The smallest absolute Gasteiger partial charge is 0.155 e. The Labute approximate surface area is 115 Å². The average Bonchev–Trinajstić information content (AvgIpc) is 2.41. The van der Waals surface area contributed by atoms with Gasteiger partial charge in [0.15, 0.2) is 5.78 Å². The van der Waals surface area contributed by atoms with E-state index in [1.807, 2.05) is 37.3 Å². The molecule has 0 aromatic heterocycles. The van der Waals surface area contributed by atoms with Crippen LogP contribution in [0.25, 0.3) is 6.08 Å². The van der Waals surface area contributed by atoms with Crippen LogP contribution in [0.1, 0.15) is 32.8 Å². The summed E-state index contributed by atoms with van der Waals surface area (Å²) in [6.07, 6.45) is 3.97. The second kappa shape index (κ2) is 8.48. The molecule has 1 aromatic carbocycles. The molecule has 3 heteroatoms. The van der Waals surface area contributed by atoms with Gasteiger partial charge in [0.2, 0.25) is 0 Å². The summed E-state index contributed by atoms with van der Waals surface area (Å²) in [5, 5.41) is 3.29. The molecule has 1 N–H and O–H groups in total. The first-order chi connectivity index (χ1) is 9.11. The van der Waals surface area contributed by atoms with E-state index in [4.69, 9.17) is 4.74 Å². The van der Waals surface area contributed by atoms with Gasteiger partial charge in [-0.05, 0) is 23.8 Å². The summed E-state index contributed by atoms with van der Waals surface area (Å²) in [6, 6.07) is 8.22. The molecule has 0 unspecified atom stereocenters. The zero-order chi connectivity index (χ0) is 14.1. The summed E-state index contributed by atoms with van der Waals surface area (Å²) < 4.78 is 5.65. The number of carbonyl (C=O) groups excluding carboxylic acids is 1. The molecule has 0 heterocycles. The predicted octanol–water partition coefficient (Wildman–Crippen LogP) is 3.06. The van der Waals surface area contributed by atoms with E-state index >= 15 is 0 Å². The van der Waals surface area contributed by atoms with Gasteiger partial charge in [0.25, 0.3) is 0 Å². The third-order valence-electron chi connectivity index (χ3n) is 2.59. The van der Waals surface area contributed by atoms with Gasteiger partial charge < -0.3 is 10.1 Å². The van der Waals surface area contributed by atoms with E-state index in [1.54, 1.807) is 6.08 Å². The number of nitrogens with one attached hydrogen (secondary N) is 1. The predicted molar refractivity (Wildman–Crippen MR) is 79.4 cm³/mol. The quantitative estimate of drug-likeness (QED) is 0.577. The maximum Gasteiger partial charge on any atom is 0.155 e. The minimum Gasteiger partial charge on any atom is -0.492 e. The molecule has 1 rings (SSSR count). The minimum atomic E-state index is 0.132. The van der Waals surface area contributed by atoms with E-state index in [2.05, 4.69) is 19.2 Å². The van der Waals surface area contributed by atoms with Crippen LogP contribution < -0.4 is 10.1 Å². The van der Waals surface area contributed by atoms with E-state index in [0.717, 1.165) is 17.9 Å². The minimum absolute atomic E-state index is 0.132. The molecule has 0 amide bonds. The number of hydrogen-bond acceptors (Lipinski definition) is 3. The second-order valence-electron chi connectivity index (χ2n) is 4.68. The van der Waals surface area contributed by atoms with Crippen LogP contribution in [0.2, 0.25) is 0 Å². The van der Waals surface area contributed by atoms with Crippen LogP contribution >= 0.6 is 0 Å². The van der Waals surface area contributed by atoms with Crippen molar-refractivity contribution in [3.63, 3.8) is 0 Å². The van der Waals surface area contributed by atoms with Crippen LogP contribution in [0.15, 0.2) is 30.3 Å². The molecular weight excluding hydrogens is 238 g/mol. The average molecular weight is 261 g/mol. The van der Waals surface area contributed by atoms with Crippen molar-refractivity contribution < 1.29 is 9.53 Å². The zero-order valence-electron chi connectivity index (χ0n) is 12.0. The van der Waals surface area contributed by atoms with Gasteiger partial charge in [-0.2, -0.15) is 0 Å². The van der Waals surface area contributed by atoms with Gasteiger partial charge >= 0.3 is 0 Å². The lowest BCUT2D eigenvalue weighted by atomic mass is 10.1. The Morgan fingerprint density at radius 1 is 1.42 bits per heavy atom. The molecule has 0 radical (unpaired) electrons. The molecule has 0 aliphatic carbocycles. The molecule has 1 aromatic rings. The SMILES string of the molecule is CCC(=O)/C=C/c1cccc(OCCNC(C)C)c1. The molecule has 0 aliphatic rings. The Balaban J connectivity index is 2.48. The molecule has 0 bridgehead atoms. The largest absolute Gasteiger partial charge is 0.492 e.